The van der Waals surface area contributed by atoms with E-state index >= 15 is 0 Å². The van der Waals surface area contributed by atoms with Gasteiger partial charge in [0.15, 0.2) is 0 Å². The smallest absolute Gasteiger partial charge is 0.414 e. The number of hydrogen-bond acceptors (Lipinski definition) is 6. The topological polar surface area (TPSA) is 111 Å². The third kappa shape index (κ3) is 10.1. The van der Waals surface area contributed by atoms with Crippen LogP contribution in [0.5, 0.6) is 5.75 Å². The zero-order chi connectivity index (χ0) is 33.1. The number of benzene rings is 3. The summed E-state index contributed by atoms with van der Waals surface area (Å²) in [4.78, 5) is 38.8. The molecule has 1 aliphatic rings. The molecular formula is C36H47N3O6. The molecule has 1 atom stereocenters. The number of carbonyl (C=O) groups is 3. The van der Waals surface area contributed by atoms with Crippen molar-refractivity contribution < 1.29 is 29.3 Å². The Balaban J connectivity index is 0.000000838. The number of aliphatic carboxylic acids is 2. The van der Waals surface area contributed by atoms with Gasteiger partial charge in [0, 0.05) is 32.0 Å². The van der Waals surface area contributed by atoms with Crippen LogP contribution < -0.4 is 14.5 Å². The Labute approximate surface area is 267 Å². The second-order valence-electron chi connectivity index (χ2n) is 12.1. The molecule has 9 nitrogen and oxygen atoms in total. The van der Waals surface area contributed by atoms with Crippen molar-refractivity contribution in [3.05, 3.63) is 89.0 Å². The molecule has 0 radical (unpaired) electrons. The molecule has 0 spiro atoms. The second-order valence-corrected chi connectivity index (χ2v) is 12.1. The number of rotatable bonds is 11. The molecule has 4 rings (SSSR count). The minimum Gasteiger partial charge on any atom is -0.493 e. The highest BCUT2D eigenvalue weighted by Crippen LogP contribution is 2.39. The summed E-state index contributed by atoms with van der Waals surface area (Å²) >= 11 is 0. The number of carboxylic acid groups (broad SMARTS) is 2. The van der Waals surface area contributed by atoms with Crippen LogP contribution in [0, 0.1) is 0 Å². The molecule has 0 aliphatic heterocycles. The molecule has 0 bridgehead atoms. The number of carboxylic acids is 2. The van der Waals surface area contributed by atoms with E-state index in [0.717, 1.165) is 60.5 Å². The zero-order valence-corrected chi connectivity index (χ0v) is 27.3. The molecule has 0 saturated heterocycles. The van der Waals surface area contributed by atoms with E-state index in [-0.39, 0.29) is 11.8 Å². The van der Waals surface area contributed by atoms with Gasteiger partial charge < -0.3 is 29.6 Å². The lowest BCUT2D eigenvalue weighted by Crippen LogP contribution is -2.36. The first-order chi connectivity index (χ1) is 21.4. The van der Waals surface area contributed by atoms with Gasteiger partial charge in [-0.2, -0.15) is 0 Å². The van der Waals surface area contributed by atoms with Crippen LogP contribution in [0.1, 0.15) is 67.2 Å². The summed E-state index contributed by atoms with van der Waals surface area (Å²) in [6, 6.07) is 23.3. The number of fused-ring (bicyclic) bond motifs is 1. The number of anilines is 2. The fraction of sp³-hybridized carbons (Fsp3) is 0.417. The van der Waals surface area contributed by atoms with Gasteiger partial charge >= 0.3 is 11.9 Å². The first-order valence-electron chi connectivity index (χ1n) is 15.4. The van der Waals surface area contributed by atoms with Crippen molar-refractivity contribution in [1.82, 2.24) is 4.90 Å². The Hall–Kier alpha value is -4.37. The summed E-state index contributed by atoms with van der Waals surface area (Å²) in [5.74, 6) is -2.27. The standard InChI is InChI=1S/C34H45N3O2.C2H2O4/c1-25(2)27-16-20-29(21-17-27)37(24-26-14-18-28(19-15-26)36(5)6)34(38)32-12-7-11-31-30(32)10-8-13-33(31)39-23-9-22-35(3)4;3-1(4)2(5)6/h8,10,13-21,25,32H,7,9,11-12,22-24H2,1-6H3;(H,3,4)(H,5,6). The Kier molecular flexibility index (Phi) is 13.0. The minimum absolute atomic E-state index is 0.162. The molecular weight excluding hydrogens is 570 g/mol. The maximum atomic E-state index is 14.4. The molecule has 242 valence electrons. The van der Waals surface area contributed by atoms with Gasteiger partial charge in [0.05, 0.1) is 19.1 Å². The average molecular weight is 618 g/mol. The van der Waals surface area contributed by atoms with Gasteiger partial charge in [-0.1, -0.05) is 50.2 Å². The molecule has 9 heteroatoms. The van der Waals surface area contributed by atoms with Crippen molar-refractivity contribution in [2.45, 2.75) is 57.9 Å². The lowest BCUT2D eigenvalue weighted by Gasteiger charge is -2.32. The summed E-state index contributed by atoms with van der Waals surface area (Å²) in [5.41, 5.74) is 6.83. The van der Waals surface area contributed by atoms with Gasteiger partial charge in [-0.3, -0.25) is 4.79 Å². The maximum absolute atomic E-state index is 14.4. The third-order valence-electron chi connectivity index (χ3n) is 7.88. The monoisotopic (exact) mass is 617 g/mol. The Morgan fingerprint density at radius 3 is 2.04 bits per heavy atom. The highest BCUT2D eigenvalue weighted by atomic mass is 16.5. The van der Waals surface area contributed by atoms with Gasteiger partial charge in [-0.15, -0.1) is 0 Å². The van der Waals surface area contributed by atoms with Crippen LogP contribution in [-0.2, 0) is 27.3 Å². The number of ether oxygens (including phenoxy) is 1. The van der Waals surface area contributed by atoms with Gasteiger partial charge in [0.2, 0.25) is 5.91 Å². The van der Waals surface area contributed by atoms with Gasteiger partial charge in [-0.05, 0) is 98.3 Å². The van der Waals surface area contributed by atoms with E-state index in [9.17, 15) is 4.79 Å². The number of nitrogens with zero attached hydrogens (tertiary/aromatic N) is 3. The van der Waals surface area contributed by atoms with Crippen LogP contribution in [0.3, 0.4) is 0 Å². The Morgan fingerprint density at radius 2 is 1.49 bits per heavy atom. The molecule has 0 aromatic heterocycles. The van der Waals surface area contributed by atoms with Gasteiger partial charge in [-0.25, -0.2) is 9.59 Å². The van der Waals surface area contributed by atoms with Crippen molar-refractivity contribution >= 4 is 29.2 Å². The lowest BCUT2D eigenvalue weighted by molar-refractivity contribution is -0.159. The third-order valence-corrected chi connectivity index (χ3v) is 7.88. The first-order valence-corrected chi connectivity index (χ1v) is 15.4. The second kappa shape index (κ2) is 16.6. The summed E-state index contributed by atoms with van der Waals surface area (Å²) in [7, 11) is 8.25. The van der Waals surface area contributed by atoms with Gasteiger partial charge in [0.25, 0.3) is 0 Å². The lowest BCUT2D eigenvalue weighted by atomic mass is 9.81. The van der Waals surface area contributed by atoms with Crippen LogP contribution in [0.2, 0.25) is 0 Å². The number of amides is 1. The van der Waals surface area contributed by atoms with Crippen molar-refractivity contribution in [3.63, 3.8) is 0 Å². The summed E-state index contributed by atoms with van der Waals surface area (Å²) in [6.45, 7) is 6.62. The number of hydrogen-bond donors (Lipinski definition) is 2. The predicted molar refractivity (Wildman–Crippen MR) is 179 cm³/mol. The molecule has 0 fully saturated rings. The van der Waals surface area contributed by atoms with Gasteiger partial charge in [0.1, 0.15) is 5.75 Å². The normalized spacial score (nSPS) is 13.8. The van der Waals surface area contributed by atoms with Crippen molar-refractivity contribution in [1.29, 1.82) is 0 Å². The fourth-order valence-corrected chi connectivity index (χ4v) is 5.38. The van der Waals surface area contributed by atoms with Crippen LogP contribution >= 0.6 is 0 Å². The molecule has 1 aliphatic carbocycles. The van der Waals surface area contributed by atoms with E-state index in [2.05, 4.69) is 98.4 Å². The zero-order valence-electron chi connectivity index (χ0n) is 27.3. The molecule has 2 N–H and O–H groups in total. The molecule has 0 saturated carbocycles. The highest BCUT2D eigenvalue weighted by molar-refractivity contribution is 6.27. The quantitative estimate of drug-likeness (QED) is 0.199. The largest absolute Gasteiger partial charge is 0.493 e. The van der Waals surface area contributed by atoms with Crippen LogP contribution in [0.25, 0.3) is 0 Å². The summed E-state index contributed by atoms with van der Waals surface area (Å²) in [6.07, 6.45) is 3.78. The first kappa shape index (κ1) is 35.1. The number of carbonyl (C=O) groups excluding carboxylic acids is 1. The predicted octanol–water partition coefficient (Wildman–Crippen LogP) is 6.02. The average Bonchev–Trinajstić information content (AvgIpc) is 3.01. The Morgan fingerprint density at radius 1 is 0.867 bits per heavy atom. The van der Waals surface area contributed by atoms with E-state index in [1.165, 1.54) is 11.1 Å². The van der Waals surface area contributed by atoms with Crippen LogP contribution in [0.4, 0.5) is 11.4 Å². The molecule has 3 aromatic carbocycles. The molecule has 1 unspecified atom stereocenters. The summed E-state index contributed by atoms with van der Waals surface area (Å²) < 4.78 is 6.23. The van der Waals surface area contributed by atoms with E-state index < -0.39 is 11.9 Å². The molecule has 1 amide bonds. The molecule has 3 aromatic rings. The fourth-order valence-electron chi connectivity index (χ4n) is 5.38. The molecule has 0 heterocycles. The van der Waals surface area contributed by atoms with Crippen molar-refractivity contribution in [2.75, 3.05) is 51.1 Å². The van der Waals surface area contributed by atoms with Crippen LogP contribution in [-0.4, -0.2) is 74.3 Å². The van der Waals surface area contributed by atoms with E-state index in [0.29, 0.717) is 19.1 Å². The summed E-state index contributed by atoms with van der Waals surface area (Å²) in [5, 5.41) is 14.8. The van der Waals surface area contributed by atoms with Crippen molar-refractivity contribution in [2.24, 2.45) is 0 Å². The van der Waals surface area contributed by atoms with E-state index in [1.54, 1.807) is 0 Å². The molecule has 45 heavy (non-hydrogen) atoms. The van der Waals surface area contributed by atoms with Crippen LogP contribution in [0.15, 0.2) is 66.7 Å². The van der Waals surface area contributed by atoms with E-state index in [1.807, 2.05) is 25.1 Å². The Bertz CT molecular complexity index is 1410. The van der Waals surface area contributed by atoms with E-state index in [4.69, 9.17) is 24.5 Å². The van der Waals surface area contributed by atoms with Crippen molar-refractivity contribution in [3.8, 4) is 5.75 Å². The highest BCUT2D eigenvalue weighted by Gasteiger charge is 2.32. The maximum Gasteiger partial charge on any atom is 0.414 e. The SMILES string of the molecule is CC(C)c1ccc(N(Cc2ccc(N(C)C)cc2)C(=O)C2CCCc3c(OCCCN(C)C)cccc32)cc1.O=C(O)C(=O)O. The minimum atomic E-state index is -1.82.